The van der Waals surface area contributed by atoms with E-state index in [0.717, 1.165) is 0 Å². The van der Waals surface area contributed by atoms with E-state index in [1.54, 1.807) is 11.8 Å². The summed E-state index contributed by atoms with van der Waals surface area (Å²) in [6.45, 7) is 6.30. The molecule has 0 heterocycles. The molecule has 2 heteroatoms. The van der Waals surface area contributed by atoms with Crippen molar-refractivity contribution in [2.24, 2.45) is 0 Å². The SMILES string of the molecule is Cc1cc(C)c(SCC#N)cc1C. The highest BCUT2D eigenvalue weighted by atomic mass is 32.2. The average Bonchev–Trinajstić information content (AvgIpc) is 2.09. The number of aryl methyl sites for hydroxylation is 3. The highest BCUT2D eigenvalue weighted by Gasteiger charge is 2.01. The molecule has 0 amide bonds. The lowest BCUT2D eigenvalue weighted by Crippen LogP contribution is -1.87. The van der Waals surface area contributed by atoms with E-state index in [0.29, 0.717) is 5.75 Å². The van der Waals surface area contributed by atoms with Crippen LogP contribution in [0.1, 0.15) is 16.7 Å². The first-order valence-electron chi connectivity index (χ1n) is 4.22. The Labute approximate surface area is 83.8 Å². The summed E-state index contributed by atoms with van der Waals surface area (Å²) in [5, 5.41) is 8.47. The van der Waals surface area contributed by atoms with Crippen LogP contribution in [0.3, 0.4) is 0 Å². The van der Waals surface area contributed by atoms with E-state index >= 15 is 0 Å². The first kappa shape index (κ1) is 10.1. The van der Waals surface area contributed by atoms with Crippen molar-refractivity contribution in [2.75, 3.05) is 5.75 Å². The van der Waals surface area contributed by atoms with Crippen molar-refractivity contribution in [3.05, 3.63) is 28.8 Å². The predicted octanol–water partition coefficient (Wildman–Crippen LogP) is 3.23. The first-order chi connectivity index (χ1) is 6.15. The molecule has 0 fully saturated rings. The molecule has 0 atom stereocenters. The molecule has 0 radical (unpaired) electrons. The van der Waals surface area contributed by atoms with Gasteiger partial charge in [0.2, 0.25) is 0 Å². The van der Waals surface area contributed by atoms with Gasteiger partial charge in [0.05, 0.1) is 11.8 Å². The third-order valence-corrected chi connectivity index (χ3v) is 3.11. The third kappa shape index (κ3) is 2.50. The second-order valence-corrected chi connectivity index (χ2v) is 4.17. The molecule has 1 rings (SSSR count). The highest BCUT2D eigenvalue weighted by Crippen LogP contribution is 2.24. The molecule has 0 aromatic heterocycles. The maximum atomic E-state index is 8.47. The van der Waals surface area contributed by atoms with E-state index in [2.05, 4.69) is 39.0 Å². The molecule has 68 valence electrons. The van der Waals surface area contributed by atoms with Crippen molar-refractivity contribution >= 4 is 11.8 Å². The fraction of sp³-hybridized carbons (Fsp3) is 0.364. The monoisotopic (exact) mass is 191 g/mol. The molecule has 0 bridgehead atoms. The maximum absolute atomic E-state index is 8.47. The van der Waals surface area contributed by atoms with Crippen LogP contribution < -0.4 is 0 Å². The van der Waals surface area contributed by atoms with Gasteiger partial charge in [-0.3, -0.25) is 0 Å². The van der Waals surface area contributed by atoms with Crippen LogP contribution in [0.2, 0.25) is 0 Å². The van der Waals surface area contributed by atoms with Gasteiger partial charge in [0.15, 0.2) is 0 Å². The zero-order valence-electron chi connectivity index (χ0n) is 8.22. The van der Waals surface area contributed by atoms with Gasteiger partial charge in [0.25, 0.3) is 0 Å². The van der Waals surface area contributed by atoms with Crippen molar-refractivity contribution in [1.82, 2.24) is 0 Å². The molecule has 0 aliphatic heterocycles. The Hall–Kier alpha value is -0.940. The van der Waals surface area contributed by atoms with E-state index in [-0.39, 0.29) is 0 Å². The lowest BCUT2D eigenvalue weighted by molar-refractivity contribution is 1.21. The molecular formula is C11H13NS. The number of nitrogens with zero attached hydrogens (tertiary/aromatic N) is 1. The van der Waals surface area contributed by atoms with Crippen LogP contribution in [-0.4, -0.2) is 5.75 Å². The van der Waals surface area contributed by atoms with Crippen molar-refractivity contribution < 1.29 is 0 Å². The van der Waals surface area contributed by atoms with Gasteiger partial charge >= 0.3 is 0 Å². The summed E-state index contributed by atoms with van der Waals surface area (Å²) in [5.74, 6) is 0.531. The fourth-order valence-electron chi connectivity index (χ4n) is 1.20. The first-order valence-corrected chi connectivity index (χ1v) is 5.21. The highest BCUT2D eigenvalue weighted by molar-refractivity contribution is 7.99. The molecule has 0 N–H and O–H groups in total. The molecular weight excluding hydrogens is 178 g/mol. The van der Waals surface area contributed by atoms with Gasteiger partial charge in [-0.05, 0) is 43.5 Å². The Kier molecular flexibility index (Phi) is 3.39. The Morgan fingerprint density at radius 1 is 1.15 bits per heavy atom. The standard InChI is InChI=1S/C11H13NS/c1-8-6-10(3)11(7-9(8)2)13-5-4-12/h6-7H,5H2,1-3H3. The zero-order valence-corrected chi connectivity index (χ0v) is 9.03. The number of nitriles is 1. The van der Waals surface area contributed by atoms with Gasteiger partial charge < -0.3 is 0 Å². The fourth-order valence-corrected chi connectivity index (χ4v) is 1.97. The van der Waals surface area contributed by atoms with E-state index in [4.69, 9.17) is 5.26 Å². The van der Waals surface area contributed by atoms with Gasteiger partial charge in [0, 0.05) is 4.90 Å². The summed E-state index contributed by atoms with van der Waals surface area (Å²) in [4.78, 5) is 1.23. The number of rotatable bonds is 2. The summed E-state index contributed by atoms with van der Waals surface area (Å²) in [6, 6.07) is 6.48. The topological polar surface area (TPSA) is 23.8 Å². The Morgan fingerprint density at radius 3 is 2.38 bits per heavy atom. The van der Waals surface area contributed by atoms with Crippen LogP contribution in [0, 0.1) is 32.1 Å². The lowest BCUT2D eigenvalue weighted by atomic mass is 10.1. The van der Waals surface area contributed by atoms with Gasteiger partial charge in [0.1, 0.15) is 0 Å². The van der Waals surface area contributed by atoms with E-state index < -0.39 is 0 Å². The molecule has 0 unspecified atom stereocenters. The van der Waals surface area contributed by atoms with Gasteiger partial charge in [-0.1, -0.05) is 6.07 Å². The van der Waals surface area contributed by atoms with Crippen molar-refractivity contribution in [3.63, 3.8) is 0 Å². The summed E-state index contributed by atoms with van der Waals surface area (Å²) >= 11 is 1.61. The molecule has 1 aromatic rings. The predicted molar refractivity (Wildman–Crippen MR) is 57.0 cm³/mol. The van der Waals surface area contributed by atoms with Crippen molar-refractivity contribution in [3.8, 4) is 6.07 Å². The quantitative estimate of drug-likeness (QED) is 0.670. The van der Waals surface area contributed by atoms with Crippen LogP contribution in [-0.2, 0) is 0 Å². The minimum absolute atomic E-state index is 0.531. The number of benzene rings is 1. The lowest BCUT2D eigenvalue weighted by Gasteiger charge is -2.07. The number of thioether (sulfide) groups is 1. The Bertz CT molecular complexity index is 350. The maximum Gasteiger partial charge on any atom is 0.0855 e. The molecule has 13 heavy (non-hydrogen) atoms. The molecule has 0 aliphatic rings. The van der Waals surface area contributed by atoms with Gasteiger partial charge in [-0.25, -0.2) is 0 Å². The molecule has 0 saturated carbocycles. The number of hydrogen-bond donors (Lipinski definition) is 0. The Morgan fingerprint density at radius 2 is 1.77 bits per heavy atom. The van der Waals surface area contributed by atoms with Gasteiger partial charge in [-0.2, -0.15) is 5.26 Å². The minimum atomic E-state index is 0.531. The third-order valence-electron chi connectivity index (χ3n) is 2.08. The Balaban J connectivity index is 2.96. The normalized spacial score (nSPS) is 9.69. The van der Waals surface area contributed by atoms with Crippen molar-refractivity contribution in [2.45, 2.75) is 25.7 Å². The second-order valence-electron chi connectivity index (χ2n) is 3.15. The van der Waals surface area contributed by atoms with Crippen LogP contribution in [0.5, 0.6) is 0 Å². The molecule has 0 aliphatic carbocycles. The van der Waals surface area contributed by atoms with E-state index in [9.17, 15) is 0 Å². The largest absolute Gasteiger partial charge is 0.197 e. The van der Waals surface area contributed by atoms with E-state index in [1.807, 2.05) is 0 Å². The molecule has 0 saturated heterocycles. The number of hydrogen-bond acceptors (Lipinski definition) is 2. The minimum Gasteiger partial charge on any atom is -0.197 e. The smallest absolute Gasteiger partial charge is 0.0855 e. The van der Waals surface area contributed by atoms with Crippen LogP contribution in [0.4, 0.5) is 0 Å². The van der Waals surface area contributed by atoms with Crippen LogP contribution in [0.25, 0.3) is 0 Å². The van der Waals surface area contributed by atoms with Gasteiger partial charge in [-0.15, -0.1) is 11.8 Å². The van der Waals surface area contributed by atoms with Crippen LogP contribution in [0.15, 0.2) is 17.0 Å². The van der Waals surface area contributed by atoms with Crippen LogP contribution >= 0.6 is 11.8 Å². The molecule has 1 nitrogen and oxygen atoms in total. The van der Waals surface area contributed by atoms with Crippen molar-refractivity contribution in [1.29, 1.82) is 5.26 Å². The zero-order chi connectivity index (χ0) is 9.84. The summed E-state index contributed by atoms with van der Waals surface area (Å²) in [5.41, 5.74) is 3.88. The van der Waals surface area contributed by atoms with E-state index in [1.165, 1.54) is 21.6 Å². The summed E-state index contributed by atoms with van der Waals surface area (Å²) in [7, 11) is 0. The average molecular weight is 191 g/mol. The molecule has 1 aromatic carbocycles. The molecule has 0 spiro atoms. The summed E-state index contributed by atoms with van der Waals surface area (Å²) < 4.78 is 0. The second kappa shape index (κ2) is 4.34. The summed E-state index contributed by atoms with van der Waals surface area (Å²) in [6.07, 6.45) is 0.